The molecule has 3 unspecified atom stereocenters. The molecule has 1 aromatic carbocycles. The molecule has 2 aliphatic rings. The number of nitro groups is 1. The minimum Gasteiger partial charge on any atom is -0.456 e. The number of hydrogen-bond acceptors (Lipinski definition) is 6. The molecule has 0 radical (unpaired) electrons. The van der Waals surface area contributed by atoms with Gasteiger partial charge in [-0.05, 0) is 36.6 Å². The smallest absolute Gasteiger partial charge is 0.355 e. The number of benzene rings is 1. The lowest BCUT2D eigenvalue weighted by Crippen LogP contribution is -2.63. The molecular formula is C17H18N2O6. The molecule has 1 fully saturated rings. The van der Waals surface area contributed by atoms with Crippen LogP contribution in [0.15, 0.2) is 36.0 Å². The fourth-order valence-corrected chi connectivity index (χ4v) is 3.40. The highest BCUT2D eigenvalue weighted by molar-refractivity contribution is 5.99. The zero-order valence-corrected chi connectivity index (χ0v) is 13.8. The molecule has 3 rings (SSSR count). The Labute approximate surface area is 143 Å². The molecule has 8 heteroatoms. The highest BCUT2D eigenvalue weighted by atomic mass is 16.6. The SMILES string of the molecule is CC1C=C(C(=O)OCc2ccc([N+](=O)[O-])cc2)N2C(=O)C([C@@H](C)O)C12. The first-order valence-electron chi connectivity index (χ1n) is 7.94. The fraction of sp³-hybridized carbons (Fsp3) is 0.412. The van der Waals surface area contributed by atoms with Crippen molar-refractivity contribution in [1.82, 2.24) is 4.90 Å². The molecule has 2 aliphatic heterocycles. The number of nitro benzene ring substituents is 1. The van der Waals surface area contributed by atoms with Crippen LogP contribution < -0.4 is 0 Å². The second kappa shape index (κ2) is 6.29. The minimum absolute atomic E-state index is 0.0411. The average molecular weight is 346 g/mol. The van der Waals surface area contributed by atoms with E-state index in [0.717, 1.165) is 0 Å². The number of aliphatic hydroxyl groups is 1. The standard InChI is InChI=1S/C17H18N2O6/c1-9-7-13(18-15(9)14(10(2)20)16(18)21)17(22)25-8-11-3-5-12(6-4-11)19(23)24/h3-7,9-10,14-15,20H,8H2,1-2H3/t9?,10-,14?,15?/m1/s1. The Kier molecular flexibility index (Phi) is 4.30. The van der Waals surface area contributed by atoms with Gasteiger partial charge in [0.2, 0.25) is 5.91 Å². The van der Waals surface area contributed by atoms with Gasteiger partial charge in [0.15, 0.2) is 0 Å². The number of hydrogen-bond donors (Lipinski definition) is 1. The number of β-lactam (4-membered cyclic amide) rings is 1. The Balaban J connectivity index is 1.63. The van der Waals surface area contributed by atoms with E-state index in [4.69, 9.17) is 4.74 Å². The normalized spacial score (nSPS) is 25.7. The third-order valence-corrected chi connectivity index (χ3v) is 4.65. The fourth-order valence-electron chi connectivity index (χ4n) is 3.40. The van der Waals surface area contributed by atoms with E-state index in [9.17, 15) is 24.8 Å². The monoisotopic (exact) mass is 346 g/mol. The number of non-ortho nitro benzene ring substituents is 1. The molecule has 1 aromatic rings. The molecule has 0 saturated carbocycles. The van der Waals surface area contributed by atoms with Crippen molar-refractivity contribution in [3.63, 3.8) is 0 Å². The summed E-state index contributed by atoms with van der Waals surface area (Å²) in [5.41, 5.74) is 0.765. The number of ether oxygens (including phenoxy) is 1. The van der Waals surface area contributed by atoms with E-state index in [2.05, 4.69) is 0 Å². The molecule has 1 amide bonds. The second-order valence-corrected chi connectivity index (χ2v) is 6.38. The van der Waals surface area contributed by atoms with Crippen LogP contribution in [0, 0.1) is 22.0 Å². The predicted molar refractivity (Wildman–Crippen MR) is 85.9 cm³/mol. The number of carbonyl (C=O) groups is 2. The molecule has 2 heterocycles. The van der Waals surface area contributed by atoms with Gasteiger partial charge in [-0.3, -0.25) is 14.9 Å². The molecule has 1 N–H and O–H groups in total. The lowest BCUT2D eigenvalue weighted by Gasteiger charge is -2.46. The van der Waals surface area contributed by atoms with E-state index >= 15 is 0 Å². The van der Waals surface area contributed by atoms with Crippen molar-refractivity contribution in [3.05, 3.63) is 51.7 Å². The highest BCUT2D eigenvalue weighted by Gasteiger charge is 2.57. The van der Waals surface area contributed by atoms with Gasteiger partial charge < -0.3 is 14.7 Å². The van der Waals surface area contributed by atoms with E-state index in [1.54, 1.807) is 13.0 Å². The first-order valence-corrected chi connectivity index (χ1v) is 7.94. The van der Waals surface area contributed by atoms with Gasteiger partial charge in [0, 0.05) is 12.1 Å². The zero-order valence-electron chi connectivity index (χ0n) is 13.8. The van der Waals surface area contributed by atoms with Gasteiger partial charge in [-0.1, -0.05) is 6.92 Å². The Morgan fingerprint density at radius 2 is 2.04 bits per heavy atom. The summed E-state index contributed by atoms with van der Waals surface area (Å²) >= 11 is 0. The van der Waals surface area contributed by atoms with Crippen LogP contribution in [0.1, 0.15) is 19.4 Å². The summed E-state index contributed by atoms with van der Waals surface area (Å²) in [7, 11) is 0. The third-order valence-electron chi connectivity index (χ3n) is 4.65. The molecule has 8 nitrogen and oxygen atoms in total. The summed E-state index contributed by atoms with van der Waals surface area (Å²) in [5, 5.41) is 20.3. The van der Waals surface area contributed by atoms with Crippen LogP contribution in [0.4, 0.5) is 5.69 Å². The van der Waals surface area contributed by atoms with Crippen LogP contribution in [0.25, 0.3) is 0 Å². The van der Waals surface area contributed by atoms with Crippen molar-refractivity contribution in [2.75, 3.05) is 0 Å². The van der Waals surface area contributed by atoms with Gasteiger partial charge in [-0.15, -0.1) is 0 Å². The van der Waals surface area contributed by atoms with E-state index in [-0.39, 0.29) is 35.9 Å². The summed E-state index contributed by atoms with van der Waals surface area (Å²) < 4.78 is 5.22. The van der Waals surface area contributed by atoms with Crippen LogP contribution in [0.3, 0.4) is 0 Å². The third kappa shape index (κ3) is 2.89. The number of carbonyl (C=O) groups excluding carboxylic acids is 2. The number of esters is 1. The van der Waals surface area contributed by atoms with Gasteiger partial charge in [0.1, 0.15) is 12.3 Å². The molecule has 1 saturated heterocycles. The van der Waals surface area contributed by atoms with E-state index in [0.29, 0.717) is 5.56 Å². The molecule has 4 atom stereocenters. The Morgan fingerprint density at radius 3 is 2.60 bits per heavy atom. The topological polar surface area (TPSA) is 110 Å². The number of nitrogens with zero attached hydrogens (tertiary/aromatic N) is 2. The lowest BCUT2D eigenvalue weighted by atomic mass is 9.79. The van der Waals surface area contributed by atoms with Gasteiger partial charge in [0.25, 0.3) is 5.69 Å². The lowest BCUT2D eigenvalue weighted by molar-refractivity contribution is -0.384. The number of rotatable bonds is 5. The molecule has 0 aromatic heterocycles. The summed E-state index contributed by atoms with van der Waals surface area (Å²) in [5.74, 6) is -1.43. The highest BCUT2D eigenvalue weighted by Crippen LogP contribution is 2.43. The maximum atomic E-state index is 12.3. The summed E-state index contributed by atoms with van der Waals surface area (Å²) in [6.45, 7) is 3.41. The maximum absolute atomic E-state index is 12.3. The first kappa shape index (κ1) is 17.1. The van der Waals surface area contributed by atoms with E-state index < -0.39 is 22.9 Å². The molecule has 0 bridgehead atoms. The predicted octanol–water partition coefficient (Wildman–Crippen LogP) is 1.38. The van der Waals surface area contributed by atoms with E-state index in [1.807, 2.05) is 6.92 Å². The van der Waals surface area contributed by atoms with Crippen LogP contribution in [-0.4, -0.2) is 39.0 Å². The van der Waals surface area contributed by atoms with Crippen molar-refractivity contribution < 1.29 is 24.4 Å². The van der Waals surface area contributed by atoms with Gasteiger partial charge >= 0.3 is 5.97 Å². The number of fused-ring (bicyclic) bond motifs is 1. The van der Waals surface area contributed by atoms with E-state index in [1.165, 1.54) is 29.2 Å². The summed E-state index contributed by atoms with van der Waals surface area (Å²) in [4.78, 5) is 36.0. The van der Waals surface area contributed by atoms with Crippen LogP contribution >= 0.6 is 0 Å². The number of amides is 1. The van der Waals surface area contributed by atoms with Crippen molar-refractivity contribution >= 4 is 17.6 Å². The van der Waals surface area contributed by atoms with Crippen molar-refractivity contribution in [3.8, 4) is 0 Å². The van der Waals surface area contributed by atoms with Crippen molar-refractivity contribution in [2.24, 2.45) is 11.8 Å². The molecular weight excluding hydrogens is 328 g/mol. The molecule has 0 spiro atoms. The van der Waals surface area contributed by atoms with Crippen molar-refractivity contribution in [2.45, 2.75) is 32.6 Å². The van der Waals surface area contributed by atoms with Gasteiger partial charge in [0.05, 0.1) is 23.0 Å². The molecule has 25 heavy (non-hydrogen) atoms. The van der Waals surface area contributed by atoms with Crippen LogP contribution in [0.2, 0.25) is 0 Å². The Hall–Kier alpha value is -2.74. The molecule has 0 aliphatic carbocycles. The quantitative estimate of drug-likeness (QED) is 0.373. The first-order chi connectivity index (χ1) is 11.8. The van der Waals surface area contributed by atoms with Gasteiger partial charge in [-0.2, -0.15) is 0 Å². The Bertz CT molecular complexity index is 755. The zero-order chi connectivity index (χ0) is 18.3. The Morgan fingerprint density at radius 1 is 1.40 bits per heavy atom. The second-order valence-electron chi connectivity index (χ2n) is 6.38. The minimum atomic E-state index is -0.764. The number of aliphatic hydroxyl groups excluding tert-OH is 1. The maximum Gasteiger partial charge on any atom is 0.355 e. The van der Waals surface area contributed by atoms with Crippen molar-refractivity contribution in [1.29, 1.82) is 0 Å². The largest absolute Gasteiger partial charge is 0.456 e. The van der Waals surface area contributed by atoms with Crippen LogP contribution in [-0.2, 0) is 20.9 Å². The molecule has 132 valence electrons. The summed E-state index contributed by atoms with van der Waals surface area (Å²) in [6.07, 6.45) is 0.920. The van der Waals surface area contributed by atoms with Crippen LogP contribution in [0.5, 0.6) is 0 Å². The van der Waals surface area contributed by atoms with Gasteiger partial charge in [-0.25, -0.2) is 4.79 Å². The summed E-state index contributed by atoms with van der Waals surface area (Å²) in [6, 6.07) is 5.48. The average Bonchev–Trinajstić information content (AvgIpc) is 2.85.